The molecule has 0 aliphatic carbocycles. The lowest BCUT2D eigenvalue weighted by atomic mass is 10.2. The van der Waals surface area contributed by atoms with Crippen LogP contribution in [0.5, 0.6) is 51.7 Å². The summed E-state index contributed by atoms with van der Waals surface area (Å²) in [6, 6.07) is 46.2. The zero-order chi connectivity index (χ0) is 56.7. The van der Waals surface area contributed by atoms with Gasteiger partial charge in [0.05, 0.1) is 57.8 Å². The van der Waals surface area contributed by atoms with Crippen molar-refractivity contribution < 1.29 is 57.0 Å². The molecule has 0 saturated carbocycles. The van der Waals surface area contributed by atoms with Gasteiger partial charge in [0.2, 0.25) is 0 Å². The number of carbonyl (C=O) groups is 3. The molecule has 0 bridgehead atoms. The highest BCUT2D eigenvalue weighted by Gasteiger charge is 2.50. The van der Waals surface area contributed by atoms with Gasteiger partial charge in [0.15, 0.2) is 0 Å². The van der Waals surface area contributed by atoms with Crippen LogP contribution in [0.25, 0.3) is 0 Å². The van der Waals surface area contributed by atoms with E-state index in [1.807, 2.05) is 36.4 Å². The molecule has 0 aliphatic rings. The van der Waals surface area contributed by atoms with Gasteiger partial charge in [0.25, 0.3) is 0 Å². The fourth-order valence-corrected chi connectivity index (χ4v) is 43.6. The first kappa shape index (κ1) is 61.4. The fraction of sp³-hybridized carbons (Fsp3) is 0.391. The Morgan fingerprint density at radius 2 is 0.519 bits per heavy atom. The van der Waals surface area contributed by atoms with E-state index in [4.69, 9.17) is 42.6 Å². The van der Waals surface area contributed by atoms with E-state index in [0.29, 0.717) is 71.0 Å². The van der Waals surface area contributed by atoms with E-state index in [9.17, 15) is 14.4 Å². The van der Waals surface area contributed by atoms with Gasteiger partial charge in [-0.1, -0.05) is 101 Å². The van der Waals surface area contributed by atoms with Gasteiger partial charge < -0.3 is 42.6 Å². The predicted molar refractivity (Wildman–Crippen MR) is 322 cm³/mol. The van der Waals surface area contributed by atoms with Gasteiger partial charge in [-0.15, -0.1) is 0 Å². The smallest absolute Gasteiger partial charge is 0.343 e. The first-order chi connectivity index (χ1) is 38.0. The molecule has 0 amide bonds. The van der Waals surface area contributed by atoms with Crippen molar-refractivity contribution >= 4 is 42.1 Å². The minimum atomic E-state index is -1.69. The molecule has 6 aromatic carbocycles. The zero-order valence-corrected chi connectivity index (χ0v) is 50.9. The standard InChI is InChI=1S/C64H82O12Si3/c1-68-52-31-37-58(38-32-52)74-61(65)49-19-25-55(26-20-49)71-43-13-10-16-46-77(4,5)64(78(6,7)47-17-11-14-44-72-56-27-21-50(22-28-56)62(66)75-59-39-33-53(69-2)34-40-59)79(8,9)48-18-12-15-45-73-57-29-23-51(24-30-57)63(67)76-60-41-35-54(70-3)36-42-60/h19-42,64H,10-18,43-48H2,1-9H3. The van der Waals surface area contributed by atoms with Gasteiger partial charge in [-0.25, -0.2) is 14.4 Å². The van der Waals surface area contributed by atoms with Gasteiger partial charge >= 0.3 is 17.9 Å². The minimum absolute atomic E-state index is 0.420. The third-order valence-corrected chi connectivity index (χ3v) is 38.3. The van der Waals surface area contributed by atoms with E-state index in [2.05, 4.69) is 39.3 Å². The summed E-state index contributed by atoms with van der Waals surface area (Å²) in [4.78, 5) is 39.1. The number of esters is 3. The molecule has 12 nitrogen and oxygen atoms in total. The Morgan fingerprint density at radius 1 is 0.304 bits per heavy atom. The van der Waals surface area contributed by atoms with Gasteiger partial charge in [-0.3, -0.25) is 0 Å². The molecule has 0 spiro atoms. The Balaban J connectivity index is 0.965. The largest absolute Gasteiger partial charge is 0.497 e. The van der Waals surface area contributed by atoms with Crippen molar-refractivity contribution in [2.24, 2.45) is 0 Å². The van der Waals surface area contributed by atoms with Crippen LogP contribution in [0, 0.1) is 0 Å². The minimum Gasteiger partial charge on any atom is -0.497 e. The predicted octanol–water partition coefficient (Wildman–Crippen LogP) is 16.0. The van der Waals surface area contributed by atoms with Crippen LogP contribution in [0.3, 0.4) is 0 Å². The van der Waals surface area contributed by atoms with E-state index in [-0.39, 0.29) is 0 Å². The van der Waals surface area contributed by atoms with Gasteiger partial charge in [0.1, 0.15) is 51.7 Å². The van der Waals surface area contributed by atoms with Crippen LogP contribution in [0.1, 0.15) is 88.9 Å². The van der Waals surface area contributed by atoms with Crippen molar-refractivity contribution in [1.82, 2.24) is 0 Å². The van der Waals surface area contributed by atoms with Crippen LogP contribution in [-0.4, -0.2) is 83.3 Å². The van der Waals surface area contributed by atoms with Crippen LogP contribution in [0.15, 0.2) is 146 Å². The van der Waals surface area contributed by atoms with E-state index < -0.39 is 42.1 Å². The number of unbranched alkanes of at least 4 members (excludes halogenated alkanes) is 6. The SMILES string of the molecule is COc1ccc(OC(=O)c2ccc(OCCCCC[Si](C)(C)C([Si](C)(C)CCCCCOc3ccc(C(=O)Oc4ccc(OC)cc4)cc3)[Si](C)(C)CCCCCOc3ccc(C(=O)Oc4ccc(OC)cc4)cc3)cc2)cc1. The molecule has 6 aromatic rings. The highest BCUT2D eigenvalue weighted by molar-refractivity contribution is 7.13. The first-order valence-corrected chi connectivity index (χ1v) is 37.6. The van der Waals surface area contributed by atoms with Gasteiger partial charge in [0, 0.05) is 24.2 Å². The van der Waals surface area contributed by atoms with E-state index in [1.165, 1.54) is 37.4 Å². The topological polar surface area (TPSA) is 134 Å². The highest BCUT2D eigenvalue weighted by atomic mass is 28.5. The average molecular weight is 1130 g/mol. The van der Waals surface area contributed by atoms with Crippen molar-refractivity contribution in [3.8, 4) is 51.7 Å². The molecule has 0 atom stereocenters. The lowest BCUT2D eigenvalue weighted by molar-refractivity contribution is 0.0725. The maximum atomic E-state index is 12.8. The normalized spacial score (nSPS) is 11.6. The number of benzene rings is 6. The molecule has 0 fully saturated rings. The molecule has 0 aliphatic heterocycles. The maximum absolute atomic E-state index is 12.8. The zero-order valence-electron chi connectivity index (χ0n) is 47.9. The molecule has 422 valence electrons. The second-order valence-corrected chi connectivity index (χ2v) is 39.0. The summed E-state index contributed by atoms with van der Waals surface area (Å²) in [5.74, 6) is 4.44. The number of rotatable bonds is 33. The number of hydrogen-bond acceptors (Lipinski definition) is 12. The quantitative estimate of drug-likeness (QED) is 0.0168. The highest BCUT2D eigenvalue weighted by Crippen LogP contribution is 2.47. The number of hydrogen-bond donors (Lipinski definition) is 0. The van der Waals surface area contributed by atoms with Crippen molar-refractivity contribution in [2.75, 3.05) is 41.2 Å². The molecule has 0 saturated heterocycles. The molecule has 0 unspecified atom stereocenters. The second-order valence-electron chi connectivity index (χ2n) is 22.1. The Bertz CT molecular complexity index is 2480. The molecule has 0 radical (unpaired) electrons. The third kappa shape index (κ3) is 19.8. The van der Waals surface area contributed by atoms with Crippen LogP contribution < -0.4 is 42.6 Å². The lowest BCUT2D eigenvalue weighted by Crippen LogP contribution is -2.59. The van der Waals surface area contributed by atoms with Gasteiger partial charge in [-0.2, -0.15) is 0 Å². The van der Waals surface area contributed by atoms with Crippen molar-refractivity contribution in [1.29, 1.82) is 0 Å². The average Bonchev–Trinajstić information content (AvgIpc) is 3.48. The summed E-state index contributed by atoms with van der Waals surface area (Å²) >= 11 is 0. The van der Waals surface area contributed by atoms with Crippen LogP contribution >= 0.6 is 0 Å². The summed E-state index contributed by atoms with van der Waals surface area (Å²) in [5.41, 5.74) is 1.39. The Kier molecular flexibility index (Phi) is 23.7. The van der Waals surface area contributed by atoms with E-state index in [0.717, 1.165) is 60.6 Å². The Hall–Kier alpha value is -6.82. The lowest BCUT2D eigenvalue weighted by Gasteiger charge is -2.51. The Morgan fingerprint density at radius 3 is 0.747 bits per heavy atom. The summed E-state index contributed by atoms with van der Waals surface area (Å²) in [5, 5.41) is 0. The fourth-order valence-electron chi connectivity index (χ4n) is 11.2. The van der Waals surface area contributed by atoms with Gasteiger partial charge in [-0.05, 0) is 165 Å². The molecule has 79 heavy (non-hydrogen) atoms. The van der Waals surface area contributed by atoms with Crippen LogP contribution in [0.4, 0.5) is 0 Å². The molecule has 15 heteroatoms. The number of ether oxygens (including phenoxy) is 9. The van der Waals surface area contributed by atoms with Crippen LogP contribution in [0.2, 0.25) is 62.2 Å². The number of methoxy groups -OCH3 is 3. The molecular formula is C64H82O12Si3. The third-order valence-electron chi connectivity index (χ3n) is 14.6. The molecular weight excluding hydrogens is 1040 g/mol. The summed E-state index contributed by atoms with van der Waals surface area (Å²) < 4.78 is 50.6. The first-order valence-electron chi connectivity index (χ1n) is 27.8. The maximum Gasteiger partial charge on any atom is 0.343 e. The van der Waals surface area contributed by atoms with Crippen molar-refractivity contribution in [3.05, 3.63) is 162 Å². The van der Waals surface area contributed by atoms with Crippen molar-refractivity contribution in [3.63, 3.8) is 0 Å². The Labute approximate surface area is 472 Å². The van der Waals surface area contributed by atoms with E-state index in [1.54, 1.807) is 131 Å². The summed E-state index contributed by atoms with van der Waals surface area (Å²) in [7, 11) is -0.273. The molecule has 0 N–H and O–H groups in total. The summed E-state index contributed by atoms with van der Waals surface area (Å²) in [6.45, 7) is 18.0. The summed E-state index contributed by atoms with van der Waals surface area (Å²) in [6.07, 6.45) is 9.89. The molecule has 6 rings (SSSR count). The monoisotopic (exact) mass is 1130 g/mol. The van der Waals surface area contributed by atoms with Crippen LogP contribution in [-0.2, 0) is 0 Å². The van der Waals surface area contributed by atoms with Crippen molar-refractivity contribution in [2.45, 2.75) is 120 Å². The number of carbonyl (C=O) groups excluding carboxylic acids is 3. The second kappa shape index (κ2) is 30.5. The molecule has 0 aromatic heterocycles. The van der Waals surface area contributed by atoms with E-state index >= 15 is 0 Å². The molecule has 0 heterocycles.